The molecule has 0 bridgehead atoms. The van der Waals surface area contributed by atoms with E-state index in [1.54, 1.807) is 43.3 Å². The molecular formula is C18H13NO4. The molecule has 2 aromatic carbocycles. The van der Waals surface area contributed by atoms with Crippen molar-refractivity contribution in [3.05, 3.63) is 83.2 Å². The molecule has 114 valence electrons. The van der Waals surface area contributed by atoms with Crippen LogP contribution < -0.4 is 4.74 Å². The van der Waals surface area contributed by atoms with Crippen LogP contribution in [0.4, 0.5) is 0 Å². The first kappa shape index (κ1) is 14.7. The van der Waals surface area contributed by atoms with E-state index in [9.17, 15) is 9.59 Å². The molecule has 0 aliphatic heterocycles. The van der Waals surface area contributed by atoms with Gasteiger partial charge in [-0.15, -0.1) is 0 Å². The number of nitrogens with zero attached hydrogens (tertiary/aromatic N) is 1. The lowest BCUT2D eigenvalue weighted by Crippen LogP contribution is -2.09. The average Bonchev–Trinajstić information content (AvgIpc) is 3.02. The Morgan fingerprint density at radius 1 is 0.957 bits per heavy atom. The fourth-order valence-electron chi connectivity index (χ4n) is 2.05. The van der Waals surface area contributed by atoms with Gasteiger partial charge in [-0.3, -0.25) is 4.79 Å². The van der Waals surface area contributed by atoms with Crippen molar-refractivity contribution in [3.63, 3.8) is 0 Å². The minimum atomic E-state index is -0.607. The summed E-state index contributed by atoms with van der Waals surface area (Å²) in [6.45, 7) is 1.69. The second-order valence-corrected chi connectivity index (χ2v) is 4.93. The van der Waals surface area contributed by atoms with Gasteiger partial charge in [-0.1, -0.05) is 35.5 Å². The van der Waals surface area contributed by atoms with E-state index in [0.29, 0.717) is 22.6 Å². The molecule has 5 nitrogen and oxygen atoms in total. The van der Waals surface area contributed by atoms with Crippen molar-refractivity contribution in [2.75, 3.05) is 0 Å². The van der Waals surface area contributed by atoms with Crippen LogP contribution in [-0.4, -0.2) is 16.9 Å². The van der Waals surface area contributed by atoms with Crippen molar-refractivity contribution in [1.82, 2.24) is 5.16 Å². The number of carbonyl (C=O) groups excluding carboxylic acids is 2. The molecular weight excluding hydrogens is 294 g/mol. The lowest BCUT2D eigenvalue weighted by Gasteiger charge is -2.04. The highest BCUT2D eigenvalue weighted by molar-refractivity contribution is 6.09. The molecule has 3 rings (SSSR count). The third-order valence-electron chi connectivity index (χ3n) is 3.20. The zero-order valence-corrected chi connectivity index (χ0v) is 12.4. The van der Waals surface area contributed by atoms with Crippen molar-refractivity contribution >= 4 is 11.8 Å². The van der Waals surface area contributed by atoms with Crippen molar-refractivity contribution in [2.45, 2.75) is 6.92 Å². The van der Waals surface area contributed by atoms with Gasteiger partial charge in [-0.05, 0) is 31.2 Å². The SMILES string of the molecule is Cc1cc(C(=O)Oc2ccc(C(=O)c3ccccc3)cc2)no1. The fraction of sp³-hybridized carbons (Fsp3) is 0.0556. The van der Waals surface area contributed by atoms with E-state index in [1.165, 1.54) is 6.07 Å². The fourth-order valence-corrected chi connectivity index (χ4v) is 2.05. The lowest BCUT2D eigenvalue weighted by molar-refractivity contribution is 0.0724. The van der Waals surface area contributed by atoms with Gasteiger partial charge in [-0.25, -0.2) is 4.79 Å². The van der Waals surface area contributed by atoms with Gasteiger partial charge in [0.2, 0.25) is 0 Å². The second-order valence-electron chi connectivity index (χ2n) is 4.93. The van der Waals surface area contributed by atoms with Gasteiger partial charge in [0.25, 0.3) is 0 Å². The first-order valence-electron chi connectivity index (χ1n) is 6.99. The number of ketones is 1. The summed E-state index contributed by atoms with van der Waals surface area (Å²) in [5.41, 5.74) is 1.23. The van der Waals surface area contributed by atoms with Gasteiger partial charge in [0, 0.05) is 17.2 Å². The van der Waals surface area contributed by atoms with Crippen LogP contribution in [0.25, 0.3) is 0 Å². The maximum atomic E-state index is 12.3. The molecule has 0 N–H and O–H groups in total. The molecule has 23 heavy (non-hydrogen) atoms. The van der Waals surface area contributed by atoms with Gasteiger partial charge < -0.3 is 9.26 Å². The maximum Gasteiger partial charge on any atom is 0.365 e. The van der Waals surface area contributed by atoms with Crippen LogP contribution in [0.2, 0.25) is 0 Å². The van der Waals surface area contributed by atoms with E-state index >= 15 is 0 Å². The van der Waals surface area contributed by atoms with E-state index in [2.05, 4.69) is 5.16 Å². The van der Waals surface area contributed by atoms with Gasteiger partial charge in [-0.2, -0.15) is 0 Å². The van der Waals surface area contributed by atoms with E-state index < -0.39 is 5.97 Å². The number of carbonyl (C=O) groups is 2. The quantitative estimate of drug-likeness (QED) is 0.419. The smallest absolute Gasteiger partial charge is 0.365 e. The van der Waals surface area contributed by atoms with E-state index in [0.717, 1.165) is 0 Å². The predicted molar refractivity (Wildman–Crippen MR) is 82.5 cm³/mol. The van der Waals surface area contributed by atoms with Gasteiger partial charge in [0.15, 0.2) is 11.5 Å². The van der Waals surface area contributed by atoms with Crippen molar-refractivity contribution < 1.29 is 18.8 Å². The molecule has 0 radical (unpaired) electrons. The molecule has 0 atom stereocenters. The van der Waals surface area contributed by atoms with Crippen molar-refractivity contribution in [3.8, 4) is 5.75 Å². The standard InChI is InChI=1S/C18H13NO4/c1-12-11-16(19-23-12)18(21)22-15-9-7-14(8-10-15)17(20)13-5-3-2-4-6-13/h2-11H,1H3. The normalized spacial score (nSPS) is 10.3. The summed E-state index contributed by atoms with van der Waals surface area (Å²) in [6.07, 6.45) is 0. The molecule has 0 aliphatic rings. The third-order valence-corrected chi connectivity index (χ3v) is 3.20. The van der Waals surface area contributed by atoms with Crippen LogP contribution in [0.5, 0.6) is 5.75 Å². The Kier molecular flexibility index (Phi) is 4.01. The average molecular weight is 307 g/mol. The van der Waals surface area contributed by atoms with Crippen LogP contribution in [0.1, 0.15) is 32.2 Å². The van der Waals surface area contributed by atoms with E-state index in [-0.39, 0.29) is 11.5 Å². The minimum Gasteiger partial charge on any atom is -0.422 e. The summed E-state index contributed by atoms with van der Waals surface area (Å²) in [7, 11) is 0. The van der Waals surface area contributed by atoms with Crippen LogP contribution in [0, 0.1) is 6.92 Å². The number of hydrogen-bond acceptors (Lipinski definition) is 5. The van der Waals surface area contributed by atoms with Gasteiger partial charge in [0.05, 0.1) is 0 Å². The number of hydrogen-bond donors (Lipinski definition) is 0. The first-order chi connectivity index (χ1) is 11.1. The summed E-state index contributed by atoms with van der Waals surface area (Å²) in [4.78, 5) is 24.1. The minimum absolute atomic E-state index is 0.0874. The Morgan fingerprint density at radius 2 is 1.61 bits per heavy atom. The van der Waals surface area contributed by atoms with Gasteiger partial charge in [0.1, 0.15) is 11.5 Å². The highest BCUT2D eigenvalue weighted by Gasteiger charge is 2.14. The Labute approximate surface area is 132 Å². The highest BCUT2D eigenvalue weighted by Crippen LogP contribution is 2.17. The van der Waals surface area contributed by atoms with Crippen LogP contribution in [0.3, 0.4) is 0 Å². The van der Waals surface area contributed by atoms with Crippen LogP contribution in [0.15, 0.2) is 65.2 Å². The molecule has 1 aromatic heterocycles. The van der Waals surface area contributed by atoms with Crippen LogP contribution >= 0.6 is 0 Å². The van der Waals surface area contributed by atoms with Crippen molar-refractivity contribution in [1.29, 1.82) is 0 Å². The number of aromatic nitrogens is 1. The Morgan fingerprint density at radius 3 is 2.22 bits per heavy atom. The predicted octanol–water partition coefficient (Wildman–Crippen LogP) is 3.43. The highest BCUT2D eigenvalue weighted by atomic mass is 16.5. The second kappa shape index (κ2) is 6.27. The monoisotopic (exact) mass is 307 g/mol. The number of ether oxygens (including phenoxy) is 1. The molecule has 0 spiro atoms. The van der Waals surface area contributed by atoms with E-state index in [1.807, 2.05) is 18.2 Å². The summed E-state index contributed by atoms with van der Waals surface area (Å²) >= 11 is 0. The Hall–Kier alpha value is -3.21. The van der Waals surface area contributed by atoms with Gasteiger partial charge >= 0.3 is 5.97 Å². The van der Waals surface area contributed by atoms with Crippen molar-refractivity contribution in [2.24, 2.45) is 0 Å². The molecule has 0 amide bonds. The lowest BCUT2D eigenvalue weighted by atomic mass is 10.0. The maximum absolute atomic E-state index is 12.3. The van der Waals surface area contributed by atoms with Crippen LogP contribution in [-0.2, 0) is 0 Å². The first-order valence-corrected chi connectivity index (χ1v) is 6.99. The molecule has 0 saturated carbocycles. The summed E-state index contributed by atoms with van der Waals surface area (Å²) < 4.78 is 10.0. The molecule has 0 saturated heterocycles. The zero-order chi connectivity index (χ0) is 16.2. The zero-order valence-electron chi connectivity index (χ0n) is 12.4. The number of esters is 1. The summed E-state index contributed by atoms with van der Waals surface area (Å²) in [5.74, 6) is 0.167. The topological polar surface area (TPSA) is 69.4 Å². The Bertz CT molecular complexity index is 835. The summed E-state index contributed by atoms with van der Waals surface area (Å²) in [6, 6.07) is 16.8. The Balaban J connectivity index is 1.72. The third kappa shape index (κ3) is 3.35. The molecule has 3 aromatic rings. The number of benzene rings is 2. The molecule has 0 aliphatic carbocycles. The summed E-state index contributed by atoms with van der Waals surface area (Å²) in [5, 5.41) is 3.59. The molecule has 0 fully saturated rings. The molecule has 0 unspecified atom stereocenters. The number of rotatable bonds is 4. The molecule has 5 heteroatoms. The largest absolute Gasteiger partial charge is 0.422 e. The number of aryl methyl sites for hydroxylation is 1. The van der Waals surface area contributed by atoms with E-state index in [4.69, 9.17) is 9.26 Å². The molecule has 1 heterocycles.